The SMILES string of the molecule is CCCCCCc1ccc(C(=O)OOCCCC)cc1. The third-order valence-corrected chi connectivity index (χ3v) is 3.22. The zero-order valence-electron chi connectivity index (χ0n) is 12.7. The molecule has 0 amide bonds. The lowest BCUT2D eigenvalue weighted by atomic mass is 10.0. The minimum absolute atomic E-state index is 0.418. The van der Waals surface area contributed by atoms with Gasteiger partial charge in [-0.15, -0.1) is 0 Å². The van der Waals surface area contributed by atoms with Crippen LogP contribution in [-0.4, -0.2) is 12.6 Å². The molecule has 0 aliphatic carbocycles. The van der Waals surface area contributed by atoms with Gasteiger partial charge < -0.3 is 0 Å². The number of rotatable bonds is 10. The van der Waals surface area contributed by atoms with Crippen molar-refractivity contribution in [3.05, 3.63) is 35.4 Å². The Labute approximate surface area is 122 Å². The van der Waals surface area contributed by atoms with Gasteiger partial charge in [0, 0.05) is 0 Å². The number of hydrogen-bond donors (Lipinski definition) is 0. The summed E-state index contributed by atoms with van der Waals surface area (Å²) in [6, 6.07) is 7.60. The quantitative estimate of drug-likeness (QED) is 0.353. The highest BCUT2D eigenvalue weighted by atomic mass is 17.2. The van der Waals surface area contributed by atoms with E-state index in [2.05, 4.69) is 13.8 Å². The van der Waals surface area contributed by atoms with Gasteiger partial charge in [0.1, 0.15) is 0 Å². The zero-order chi connectivity index (χ0) is 14.6. The first kappa shape index (κ1) is 16.7. The summed E-state index contributed by atoms with van der Waals surface area (Å²) in [5, 5.41) is 0. The monoisotopic (exact) mass is 278 g/mol. The molecule has 1 aromatic carbocycles. The van der Waals surface area contributed by atoms with Crippen molar-refractivity contribution in [1.82, 2.24) is 0 Å². The van der Waals surface area contributed by atoms with Crippen LogP contribution in [-0.2, 0) is 16.2 Å². The molecule has 0 unspecified atom stereocenters. The molecule has 112 valence electrons. The van der Waals surface area contributed by atoms with E-state index in [0.29, 0.717) is 12.2 Å². The maximum atomic E-state index is 11.7. The minimum atomic E-state index is -0.418. The van der Waals surface area contributed by atoms with Gasteiger partial charge in [-0.1, -0.05) is 51.7 Å². The summed E-state index contributed by atoms with van der Waals surface area (Å²) < 4.78 is 0. The summed E-state index contributed by atoms with van der Waals surface area (Å²) in [4.78, 5) is 21.3. The summed E-state index contributed by atoms with van der Waals surface area (Å²) in [6.07, 6.45) is 8.00. The third kappa shape index (κ3) is 6.71. The molecule has 0 bridgehead atoms. The van der Waals surface area contributed by atoms with E-state index in [9.17, 15) is 4.79 Å². The van der Waals surface area contributed by atoms with Gasteiger partial charge in [-0.2, -0.15) is 4.89 Å². The van der Waals surface area contributed by atoms with Crippen molar-refractivity contribution in [2.45, 2.75) is 58.8 Å². The standard InChI is InChI=1S/C17H26O3/c1-3-5-7-8-9-15-10-12-16(13-11-15)17(18)20-19-14-6-4-2/h10-13H,3-9,14H2,1-2H3. The largest absolute Gasteiger partial charge is 0.373 e. The highest BCUT2D eigenvalue weighted by Gasteiger charge is 2.07. The molecule has 0 aliphatic heterocycles. The predicted molar refractivity (Wildman–Crippen MR) is 80.6 cm³/mol. The molecule has 0 saturated heterocycles. The topological polar surface area (TPSA) is 35.5 Å². The van der Waals surface area contributed by atoms with E-state index in [1.165, 1.54) is 31.2 Å². The average molecular weight is 278 g/mol. The van der Waals surface area contributed by atoms with Crippen molar-refractivity contribution in [1.29, 1.82) is 0 Å². The Balaban J connectivity index is 2.31. The first-order valence-corrected chi connectivity index (χ1v) is 7.70. The Morgan fingerprint density at radius 1 is 0.950 bits per heavy atom. The lowest BCUT2D eigenvalue weighted by Gasteiger charge is -2.05. The fourth-order valence-corrected chi connectivity index (χ4v) is 1.91. The molecular weight excluding hydrogens is 252 g/mol. The van der Waals surface area contributed by atoms with Crippen LogP contribution in [0.1, 0.15) is 68.3 Å². The molecule has 0 heterocycles. The molecule has 0 saturated carbocycles. The van der Waals surface area contributed by atoms with Crippen molar-refractivity contribution in [2.75, 3.05) is 6.61 Å². The first-order chi connectivity index (χ1) is 9.77. The number of hydrogen-bond acceptors (Lipinski definition) is 3. The Kier molecular flexibility index (Phi) is 8.72. The van der Waals surface area contributed by atoms with E-state index in [0.717, 1.165) is 19.3 Å². The van der Waals surface area contributed by atoms with E-state index in [4.69, 9.17) is 9.78 Å². The first-order valence-electron chi connectivity index (χ1n) is 7.70. The van der Waals surface area contributed by atoms with E-state index in [1.54, 1.807) is 12.1 Å². The van der Waals surface area contributed by atoms with Gasteiger partial charge >= 0.3 is 5.97 Å². The molecule has 3 nitrogen and oxygen atoms in total. The second-order valence-electron chi connectivity index (χ2n) is 5.05. The highest BCUT2D eigenvalue weighted by Crippen LogP contribution is 2.10. The van der Waals surface area contributed by atoms with Crippen LogP contribution in [0, 0.1) is 0 Å². The summed E-state index contributed by atoms with van der Waals surface area (Å²) in [5.41, 5.74) is 1.81. The van der Waals surface area contributed by atoms with Crippen LogP contribution in [0.25, 0.3) is 0 Å². The zero-order valence-corrected chi connectivity index (χ0v) is 12.7. The lowest BCUT2D eigenvalue weighted by Crippen LogP contribution is -2.07. The van der Waals surface area contributed by atoms with Gasteiger partial charge in [0.2, 0.25) is 0 Å². The van der Waals surface area contributed by atoms with Crippen LogP contribution in [0.2, 0.25) is 0 Å². The van der Waals surface area contributed by atoms with Gasteiger partial charge in [0.25, 0.3) is 0 Å². The minimum Gasteiger partial charge on any atom is -0.293 e. The molecule has 1 aromatic rings. The van der Waals surface area contributed by atoms with Crippen molar-refractivity contribution in [2.24, 2.45) is 0 Å². The molecule has 0 N–H and O–H groups in total. The molecule has 0 atom stereocenters. The maximum Gasteiger partial charge on any atom is 0.373 e. The Morgan fingerprint density at radius 2 is 1.65 bits per heavy atom. The molecule has 0 fully saturated rings. The number of unbranched alkanes of at least 4 members (excludes halogenated alkanes) is 4. The van der Waals surface area contributed by atoms with Crippen LogP contribution in [0.3, 0.4) is 0 Å². The van der Waals surface area contributed by atoms with Gasteiger partial charge in [-0.3, -0.25) is 4.89 Å². The molecular formula is C17H26O3. The van der Waals surface area contributed by atoms with Crippen LogP contribution in [0.4, 0.5) is 0 Å². The summed E-state index contributed by atoms with van der Waals surface area (Å²) in [6.45, 7) is 4.73. The molecule has 1 rings (SSSR count). The number of carbonyl (C=O) groups excluding carboxylic acids is 1. The average Bonchev–Trinajstić information content (AvgIpc) is 2.48. The number of benzene rings is 1. The van der Waals surface area contributed by atoms with E-state index >= 15 is 0 Å². The fraction of sp³-hybridized carbons (Fsp3) is 0.588. The van der Waals surface area contributed by atoms with E-state index < -0.39 is 5.97 Å². The Hall–Kier alpha value is -1.35. The van der Waals surface area contributed by atoms with Crippen LogP contribution in [0.15, 0.2) is 24.3 Å². The number of carbonyl (C=O) groups is 1. The molecule has 0 spiro atoms. The van der Waals surface area contributed by atoms with Crippen LogP contribution < -0.4 is 0 Å². The maximum absolute atomic E-state index is 11.7. The van der Waals surface area contributed by atoms with Gasteiger partial charge in [-0.05, 0) is 37.0 Å². The van der Waals surface area contributed by atoms with Crippen LogP contribution >= 0.6 is 0 Å². The lowest BCUT2D eigenvalue weighted by molar-refractivity contribution is -0.241. The third-order valence-electron chi connectivity index (χ3n) is 3.22. The summed E-state index contributed by atoms with van der Waals surface area (Å²) in [5.74, 6) is -0.418. The van der Waals surface area contributed by atoms with Gasteiger partial charge in [0.15, 0.2) is 0 Å². The van der Waals surface area contributed by atoms with Crippen molar-refractivity contribution in [3.8, 4) is 0 Å². The second-order valence-corrected chi connectivity index (χ2v) is 5.05. The van der Waals surface area contributed by atoms with Crippen molar-refractivity contribution in [3.63, 3.8) is 0 Å². The second kappa shape index (κ2) is 10.4. The van der Waals surface area contributed by atoms with E-state index in [1.807, 2.05) is 12.1 Å². The molecule has 0 aliphatic rings. The molecule has 3 heteroatoms. The van der Waals surface area contributed by atoms with Gasteiger partial charge in [0.05, 0.1) is 12.2 Å². The van der Waals surface area contributed by atoms with Crippen molar-refractivity contribution >= 4 is 5.97 Å². The van der Waals surface area contributed by atoms with Crippen LogP contribution in [0.5, 0.6) is 0 Å². The molecule has 20 heavy (non-hydrogen) atoms. The Bertz CT molecular complexity index is 370. The molecule has 0 aromatic heterocycles. The fourth-order valence-electron chi connectivity index (χ4n) is 1.91. The summed E-state index contributed by atoms with van der Waals surface area (Å²) >= 11 is 0. The smallest absolute Gasteiger partial charge is 0.293 e. The summed E-state index contributed by atoms with van der Waals surface area (Å²) in [7, 11) is 0. The van der Waals surface area contributed by atoms with E-state index in [-0.39, 0.29) is 0 Å². The van der Waals surface area contributed by atoms with Crippen molar-refractivity contribution < 1.29 is 14.6 Å². The molecule has 0 radical (unpaired) electrons. The number of aryl methyl sites for hydroxylation is 1. The Morgan fingerprint density at radius 3 is 2.30 bits per heavy atom. The van der Waals surface area contributed by atoms with Gasteiger partial charge in [-0.25, -0.2) is 4.79 Å². The highest BCUT2D eigenvalue weighted by molar-refractivity contribution is 5.88. The normalized spacial score (nSPS) is 10.5. The predicted octanol–water partition coefficient (Wildman–Crippen LogP) is 4.70.